The van der Waals surface area contributed by atoms with Gasteiger partial charge in [-0.2, -0.15) is 5.10 Å². The van der Waals surface area contributed by atoms with Gasteiger partial charge in [0.15, 0.2) is 0 Å². The zero-order chi connectivity index (χ0) is 15.3. The average Bonchev–Trinajstić information content (AvgIpc) is 3.07. The number of amides is 1. The summed E-state index contributed by atoms with van der Waals surface area (Å²) in [6.45, 7) is 0. The second-order valence-electron chi connectivity index (χ2n) is 5.21. The number of likely N-dealkylation sites (N-methyl/N-ethyl adjacent to an activating group) is 1. The molecule has 110 valence electrons. The van der Waals surface area contributed by atoms with Crippen molar-refractivity contribution in [2.45, 2.75) is 4.87 Å². The predicted octanol–water partition coefficient (Wildman–Crippen LogP) is 2.22. The molecule has 22 heavy (non-hydrogen) atoms. The van der Waals surface area contributed by atoms with Crippen molar-refractivity contribution < 1.29 is 9.90 Å². The van der Waals surface area contributed by atoms with E-state index >= 15 is 0 Å². The summed E-state index contributed by atoms with van der Waals surface area (Å²) in [6, 6.07) is 14.7. The number of nitrogens with zero attached hydrogens (tertiary/aromatic N) is 2. The molecule has 1 atom stereocenters. The third-order valence-corrected chi connectivity index (χ3v) is 5.25. The number of hydrazone groups is 1. The lowest BCUT2D eigenvalue weighted by atomic mass is 10.1. The van der Waals surface area contributed by atoms with Crippen molar-refractivity contribution in [3.63, 3.8) is 0 Å². The van der Waals surface area contributed by atoms with Gasteiger partial charge in [0.1, 0.15) is 10.8 Å². The van der Waals surface area contributed by atoms with E-state index in [9.17, 15) is 9.90 Å². The Morgan fingerprint density at radius 3 is 2.73 bits per heavy atom. The van der Waals surface area contributed by atoms with Crippen molar-refractivity contribution in [1.29, 1.82) is 0 Å². The van der Waals surface area contributed by atoms with E-state index in [1.54, 1.807) is 30.1 Å². The van der Waals surface area contributed by atoms with Crippen molar-refractivity contribution >= 4 is 28.4 Å². The van der Waals surface area contributed by atoms with Gasteiger partial charge in [-0.1, -0.05) is 42.1 Å². The summed E-state index contributed by atoms with van der Waals surface area (Å²) in [5.41, 5.74) is 5.38. The quantitative estimate of drug-likeness (QED) is 0.847. The van der Waals surface area contributed by atoms with Crippen LogP contribution in [0.15, 0.2) is 53.6 Å². The molecule has 1 spiro atoms. The smallest absolute Gasteiger partial charge is 0.269 e. The van der Waals surface area contributed by atoms with E-state index in [0.717, 1.165) is 11.3 Å². The van der Waals surface area contributed by atoms with Crippen LogP contribution in [0.3, 0.4) is 0 Å². The van der Waals surface area contributed by atoms with Gasteiger partial charge in [0.2, 0.25) is 4.87 Å². The first kappa shape index (κ1) is 13.2. The summed E-state index contributed by atoms with van der Waals surface area (Å²) in [6.07, 6.45) is 0. The molecule has 1 amide bonds. The lowest BCUT2D eigenvalue weighted by Crippen LogP contribution is -2.43. The predicted molar refractivity (Wildman–Crippen MR) is 86.9 cm³/mol. The zero-order valence-electron chi connectivity index (χ0n) is 11.8. The number of fused-ring (bicyclic) bond motifs is 2. The van der Waals surface area contributed by atoms with E-state index in [1.165, 1.54) is 11.8 Å². The number of para-hydroxylation sites is 2. The molecule has 0 radical (unpaired) electrons. The zero-order valence-corrected chi connectivity index (χ0v) is 12.6. The molecule has 2 aliphatic heterocycles. The molecule has 0 fully saturated rings. The van der Waals surface area contributed by atoms with E-state index in [1.807, 2.05) is 30.3 Å². The number of nitrogens with one attached hydrogen (secondary N) is 1. The molecule has 2 heterocycles. The number of benzene rings is 2. The molecule has 2 N–H and O–H groups in total. The maximum Gasteiger partial charge on any atom is 0.269 e. The van der Waals surface area contributed by atoms with Gasteiger partial charge in [-0.15, -0.1) is 0 Å². The van der Waals surface area contributed by atoms with Gasteiger partial charge in [0.25, 0.3) is 5.91 Å². The maximum atomic E-state index is 12.8. The monoisotopic (exact) mass is 311 g/mol. The van der Waals surface area contributed by atoms with Crippen LogP contribution >= 0.6 is 11.8 Å². The molecule has 0 saturated heterocycles. The van der Waals surface area contributed by atoms with E-state index in [-0.39, 0.29) is 11.7 Å². The van der Waals surface area contributed by atoms with Gasteiger partial charge in [0.05, 0.1) is 11.3 Å². The Morgan fingerprint density at radius 1 is 1.18 bits per heavy atom. The average molecular weight is 311 g/mol. The van der Waals surface area contributed by atoms with Crippen molar-refractivity contribution in [2.24, 2.45) is 5.10 Å². The molecular formula is C16H13N3O2S. The number of hydrogen-bond donors (Lipinski definition) is 2. The fourth-order valence-electron chi connectivity index (χ4n) is 2.82. The van der Waals surface area contributed by atoms with Crippen LogP contribution in [-0.4, -0.2) is 23.1 Å². The second kappa shape index (κ2) is 4.51. The van der Waals surface area contributed by atoms with Gasteiger partial charge < -0.3 is 10.0 Å². The molecule has 2 aliphatic rings. The Kier molecular flexibility index (Phi) is 2.71. The number of phenolic OH excluding ortho intramolecular Hbond substituents is 1. The second-order valence-corrected chi connectivity index (χ2v) is 6.41. The molecule has 6 heteroatoms. The normalized spacial score (nSPS) is 22.7. The molecule has 0 aliphatic carbocycles. The SMILES string of the molecule is CN1C(=O)[C@@]2(NN=C(c3ccccc3O)S2)c2ccccc21. The minimum absolute atomic E-state index is 0.0622. The van der Waals surface area contributed by atoms with Crippen molar-refractivity contribution in [2.75, 3.05) is 11.9 Å². The molecular weight excluding hydrogens is 298 g/mol. The fraction of sp³-hybridized carbons (Fsp3) is 0.125. The molecule has 0 aromatic heterocycles. The van der Waals surface area contributed by atoms with Crippen LogP contribution in [0.2, 0.25) is 0 Å². The van der Waals surface area contributed by atoms with Crippen molar-refractivity contribution in [3.05, 3.63) is 59.7 Å². The van der Waals surface area contributed by atoms with Gasteiger partial charge in [-0.25, -0.2) is 0 Å². The maximum absolute atomic E-state index is 12.8. The minimum Gasteiger partial charge on any atom is -0.507 e. The van der Waals surface area contributed by atoms with E-state index in [4.69, 9.17) is 0 Å². The van der Waals surface area contributed by atoms with Crippen LogP contribution in [0.5, 0.6) is 5.75 Å². The van der Waals surface area contributed by atoms with E-state index in [2.05, 4.69) is 10.5 Å². The summed E-state index contributed by atoms with van der Waals surface area (Å²) in [5.74, 6) is 0.0903. The lowest BCUT2D eigenvalue weighted by molar-refractivity contribution is -0.120. The number of thioether (sulfide) groups is 1. The summed E-state index contributed by atoms with van der Waals surface area (Å²) in [5, 5.41) is 14.9. The van der Waals surface area contributed by atoms with Gasteiger partial charge in [-0.05, 0) is 18.2 Å². The number of hydrogen-bond acceptors (Lipinski definition) is 5. The van der Waals surface area contributed by atoms with Crippen LogP contribution in [0.1, 0.15) is 11.1 Å². The molecule has 2 aromatic rings. The molecule has 5 nitrogen and oxygen atoms in total. The van der Waals surface area contributed by atoms with E-state index < -0.39 is 4.87 Å². The highest BCUT2D eigenvalue weighted by Gasteiger charge is 2.54. The topological polar surface area (TPSA) is 64.9 Å². The first-order valence-corrected chi connectivity index (χ1v) is 7.65. The third kappa shape index (κ3) is 1.61. The van der Waals surface area contributed by atoms with E-state index in [0.29, 0.717) is 10.6 Å². The number of carbonyl (C=O) groups excluding carboxylic acids is 1. The molecule has 0 bridgehead atoms. The first-order chi connectivity index (χ1) is 10.6. The number of phenols is 1. The number of rotatable bonds is 1. The highest BCUT2D eigenvalue weighted by atomic mass is 32.2. The molecule has 4 rings (SSSR count). The molecule has 0 unspecified atom stereocenters. The molecule has 0 saturated carbocycles. The Balaban J connectivity index is 1.78. The van der Waals surface area contributed by atoms with Crippen LogP contribution in [0.4, 0.5) is 5.69 Å². The Hall–Kier alpha value is -2.47. The van der Waals surface area contributed by atoms with Crippen LogP contribution < -0.4 is 10.3 Å². The first-order valence-electron chi connectivity index (χ1n) is 6.83. The number of aromatic hydroxyl groups is 1. The fourth-order valence-corrected chi connectivity index (χ4v) is 4.08. The van der Waals surface area contributed by atoms with Gasteiger partial charge >= 0.3 is 0 Å². The largest absolute Gasteiger partial charge is 0.507 e. The van der Waals surface area contributed by atoms with Gasteiger partial charge in [-0.3, -0.25) is 10.2 Å². The summed E-state index contributed by atoms with van der Waals surface area (Å²) in [4.78, 5) is 13.5. The standard InChI is InChI=1S/C16H13N3O2S/c1-19-12-8-4-3-7-11(12)16(15(19)21)18-17-14(22-16)10-6-2-5-9-13(10)20/h2-9,18,20H,1H3/t16-/m1/s1. The van der Waals surface area contributed by atoms with Crippen molar-refractivity contribution in [3.8, 4) is 5.75 Å². The highest BCUT2D eigenvalue weighted by molar-refractivity contribution is 8.16. The Bertz CT molecular complexity index is 821. The van der Waals surface area contributed by atoms with Crippen molar-refractivity contribution in [1.82, 2.24) is 5.43 Å². The number of anilines is 1. The van der Waals surface area contributed by atoms with Crippen LogP contribution in [0, 0.1) is 0 Å². The Labute approximate surface area is 131 Å². The lowest BCUT2D eigenvalue weighted by Gasteiger charge is -2.21. The van der Waals surface area contributed by atoms with Crippen LogP contribution in [0.25, 0.3) is 0 Å². The Morgan fingerprint density at radius 2 is 1.91 bits per heavy atom. The third-order valence-electron chi connectivity index (χ3n) is 3.95. The van der Waals surface area contributed by atoms with Gasteiger partial charge in [0, 0.05) is 12.6 Å². The number of carbonyl (C=O) groups is 1. The molecule has 2 aromatic carbocycles. The highest BCUT2D eigenvalue weighted by Crippen LogP contribution is 2.50. The minimum atomic E-state index is -0.942. The summed E-state index contributed by atoms with van der Waals surface area (Å²) < 4.78 is 0. The summed E-state index contributed by atoms with van der Waals surface area (Å²) >= 11 is 1.33. The van der Waals surface area contributed by atoms with Crippen LogP contribution in [-0.2, 0) is 9.67 Å². The summed E-state index contributed by atoms with van der Waals surface area (Å²) in [7, 11) is 1.76.